The fourth-order valence-corrected chi connectivity index (χ4v) is 3.80. The second kappa shape index (κ2) is 11.5. The zero-order valence-electron chi connectivity index (χ0n) is 18.8. The van der Waals surface area contributed by atoms with Gasteiger partial charge in [-0.2, -0.15) is 0 Å². The number of nitrogens with one attached hydrogen (secondary N) is 2. The Morgan fingerprint density at radius 3 is 2.59 bits per heavy atom. The molecule has 0 spiro atoms. The Labute approximate surface area is 194 Å². The number of unbranched alkanes of at least 4 members (excludes halogenated alkanes) is 2. The summed E-state index contributed by atoms with van der Waals surface area (Å²) in [7, 11) is 1.61. The molecule has 0 saturated heterocycles. The molecule has 0 unspecified atom stereocenters. The van der Waals surface area contributed by atoms with Gasteiger partial charge >= 0.3 is 5.97 Å². The Morgan fingerprint density at radius 2 is 1.88 bits per heavy atom. The molecule has 6 nitrogen and oxygen atoms in total. The number of hydrogen-bond donors (Lipinski definition) is 2. The Hall–Kier alpha value is -3.06. The number of rotatable bonds is 10. The molecule has 3 rings (SSSR count). The third-order valence-electron chi connectivity index (χ3n) is 5.23. The highest BCUT2D eigenvalue weighted by Crippen LogP contribution is 2.34. The maximum atomic E-state index is 13.0. The van der Waals surface area contributed by atoms with E-state index in [4.69, 9.17) is 26.4 Å². The van der Waals surface area contributed by atoms with Gasteiger partial charge in [-0.1, -0.05) is 56.2 Å². The van der Waals surface area contributed by atoms with E-state index >= 15 is 0 Å². The largest absolute Gasteiger partial charge is 0.493 e. The molecule has 1 aliphatic heterocycles. The van der Waals surface area contributed by atoms with E-state index in [0.29, 0.717) is 34.5 Å². The van der Waals surface area contributed by atoms with Crippen molar-refractivity contribution >= 4 is 23.3 Å². The van der Waals surface area contributed by atoms with Gasteiger partial charge in [0.15, 0.2) is 16.6 Å². The van der Waals surface area contributed by atoms with Gasteiger partial charge in [0.25, 0.3) is 0 Å². The highest BCUT2D eigenvalue weighted by atomic mass is 32.1. The molecule has 0 bridgehead atoms. The number of ether oxygens (including phenoxy) is 3. The minimum Gasteiger partial charge on any atom is -0.493 e. The van der Waals surface area contributed by atoms with Crippen molar-refractivity contribution in [1.29, 1.82) is 0 Å². The van der Waals surface area contributed by atoms with Crippen molar-refractivity contribution in [3.05, 3.63) is 70.9 Å². The molecular formula is C25H30N2O4S. The predicted octanol–water partition coefficient (Wildman–Crippen LogP) is 4.80. The number of carbonyl (C=O) groups excluding carboxylic acids is 1. The molecule has 0 amide bonds. The summed E-state index contributed by atoms with van der Waals surface area (Å²) in [5, 5.41) is 6.67. The molecular weight excluding hydrogens is 424 g/mol. The predicted molar refractivity (Wildman–Crippen MR) is 129 cm³/mol. The van der Waals surface area contributed by atoms with Crippen molar-refractivity contribution in [1.82, 2.24) is 10.6 Å². The van der Waals surface area contributed by atoms with Crippen molar-refractivity contribution in [3.63, 3.8) is 0 Å². The van der Waals surface area contributed by atoms with E-state index < -0.39 is 12.0 Å². The van der Waals surface area contributed by atoms with E-state index in [1.165, 1.54) is 0 Å². The van der Waals surface area contributed by atoms with Gasteiger partial charge in [-0.05, 0) is 48.8 Å². The first kappa shape index (κ1) is 23.6. The fourth-order valence-electron chi connectivity index (χ4n) is 3.53. The highest BCUT2D eigenvalue weighted by molar-refractivity contribution is 7.80. The van der Waals surface area contributed by atoms with Crippen LogP contribution in [0.15, 0.2) is 59.8 Å². The summed E-state index contributed by atoms with van der Waals surface area (Å²) in [5.41, 5.74) is 2.90. The lowest BCUT2D eigenvalue weighted by Gasteiger charge is -2.30. The van der Waals surface area contributed by atoms with Gasteiger partial charge in [-0.15, -0.1) is 0 Å². The van der Waals surface area contributed by atoms with E-state index in [2.05, 4.69) is 17.6 Å². The van der Waals surface area contributed by atoms with Crippen LogP contribution >= 0.6 is 12.2 Å². The third kappa shape index (κ3) is 6.01. The molecule has 2 aromatic carbocycles. The lowest BCUT2D eigenvalue weighted by Crippen LogP contribution is -2.45. The van der Waals surface area contributed by atoms with E-state index in [0.717, 1.165) is 30.4 Å². The molecule has 0 fully saturated rings. The first-order valence-corrected chi connectivity index (χ1v) is 11.2. The standard InChI is InChI=1S/C25H30N2O4S/c1-4-5-9-14-30-20-13-12-19(15-21(20)29-3)23-22(17(2)26-25(32)27-23)24(28)31-16-18-10-7-6-8-11-18/h6-8,10-13,15,23H,4-5,9,14,16H2,1-3H3,(H2,26,27,32)/t23-/m0/s1. The maximum Gasteiger partial charge on any atom is 0.338 e. The lowest BCUT2D eigenvalue weighted by atomic mass is 9.95. The lowest BCUT2D eigenvalue weighted by molar-refractivity contribution is -0.140. The van der Waals surface area contributed by atoms with Gasteiger partial charge in [0.05, 0.1) is 25.3 Å². The van der Waals surface area contributed by atoms with Crippen LogP contribution in [0.3, 0.4) is 0 Å². The van der Waals surface area contributed by atoms with Gasteiger partial charge in [0.1, 0.15) is 6.61 Å². The number of benzene rings is 2. The van der Waals surface area contributed by atoms with Crippen LogP contribution in [0.1, 0.15) is 50.3 Å². The second-order valence-electron chi connectivity index (χ2n) is 7.60. The van der Waals surface area contributed by atoms with Gasteiger partial charge in [0.2, 0.25) is 0 Å². The fraction of sp³-hybridized carbons (Fsp3) is 0.360. The third-order valence-corrected chi connectivity index (χ3v) is 5.45. The van der Waals surface area contributed by atoms with Gasteiger partial charge < -0.3 is 24.8 Å². The number of thiocarbonyl (C=S) groups is 1. The monoisotopic (exact) mass is 454 g/mol. The summed E-state index contributed by atoms with van der Waals surface area (Å²) in [6, 6.07) is 14.8. The van der Waals surface area contributed by atoms with Crippen LogP contribution in [0.2, 0.25) is 0 Å². The molecule has 170 valence electrons. The Kier molecular flexibility index (Phi) is 8.50. The topological polar surface area (TPSA) is 68.8 Å². The van der Waals surface area contributed by atoms with E-state index in [1.807, 2.05) is 55.5 Å². The first-order chi connectivity index (χ1) is 15.5. The second-order valence-corrected chi connectivity index (χ2v) is 8.01. The summed E-state index contributed by atoms with van der Waals surface area (Å²) in [5.74, 6) is 0.885. The van der Waals surface area contributed by atoms with Crippen molar-refractivity contribution in [2.75, 3.05) is 13.7 Å². The summed E-state index contributed by atoms with van der Waals surface area (Å²) in [6.07, 6.45) is 3.25. The Morgan fingerprint density at radius 1 is 1.09 bits per heavy atom. The van der Waals surface area contributed by atoms with Crippen LogP contribution in [0.25, 0.3) is 0 Å². The van der Waals surface area contributed by atoms with E-state index in [1.54, 1.807) is 7.11 Å². The van der Waals surface area contributed by atoms with Crippen LogP contribution in [-0.2, 0) is 16.1 Å². The van der Waals surface area contributed by atoms with Crippen molar-refractivity contribution in [3.8, 4) is 11.5 Å². The Balaban J connectivity index is 1.81. The number of methoxy groups -OCH3 is 1. The van der Waals surface area contributed by atoms with Crippen molar-refractivity contribution in [2.45, 2.75) is 45.8 Å². The molecule has 32 heavy (non-hydrogen) atoms. The Bertz CT molecular complexity index is 975. The zero-order valence-corrected chi connectivity index (χ0v) is 19.6. The van der Waals surface area contributed by atoms with Crippen LogP contribution in [0.5, 0.6) is 11.5 Å². The molecule has 1 atom stereocenters. The average Bonchev–Trinajstić information content (AvgIpc) is 2.80. The number of esters is 1. The highest BCUT2D eigenvalue weighted by Gasteiger charge is 2.31. The van der Waals surface area contributed by atoms with Crippen LogP contribution < -0.4 is 20.1 Å². The minimum absolute atomic E-state index is 0.196. The van der Waals surface area contributed by atoms with E-state index in [-0.39, 0.29) is 6.61 Å². The normalized spacial score (nSPS) is 15.6. The quantitative estimate of drug-likeness (QED) is 0.304. The SMILES string of the molecule is CCCCCOc1ccc([C@@H]2NC(=S)NC(C)=C2C(=O)OCc2ccccc2)cc1OC. The first-order valence-electron chi connectivity index (χ1n) is 10.8. The smallest absolute Gasteiger partial charge is 0.338 e. The van der Waals surface area contributed by atoms with Gasteiger partial charge in [0, 0.05) is 5.70 Å². The maximum absolute atomic E-state index is 13.0. The summed E-state index contributed by atoms with van der Waals surface area (Å²) in [4.78, 5) is 13.0. The number of carbonyl (C=O) groups is 1. The van der Waals surface area contributed by atoms with Crippen LogP contribution in [0.4, 0.5) is 0 Å². The molecule has 1 aliphatic rings. The van der Waals surface area contributed by atoms with Crippen molar-refractivity contribution in [2.24, 2.45) is 0 Å². The molecule has 7 heteroatoms. The minimum atomic E-state index is -0.463. The molecule has 2 N–H and O–H groups in total. The van der Waals surface area contributed by atoms with Crippen LogP contribution in [-0.4, -0.2) is 24.8 Å². The molecule has 1 heterocycles. The molecule has 2 aromatic rings. The zero-order chi connectivity index (χ0) is 22.9. The molecule has 0 aromatic heterocycles. The van der Waals surface area contributed by atoms with Crippen LogP contribution in [0, 0.1) is 0 Å². The van der Waals surface area contributed by atoms with Gasteiger partial charge in [-0.25, -0.2) is 4.79 Å². The van der Waals surface area contributed by atoms with Crippen molar-refractivity contribution < 1.29 is 19.0 Å². The molecule has 0 radical (unpaired) electrons. The van der Waals surface area contributed by atoms with E-state index in [9.17, 15) is 4.79 Å². The molecule has 0 saturated carbocycles. The molecule has 0 aliphatic carbocycles. The number of allylic oxidation sites excluding steroid dienone is 1. The number of hydrogen-bond acceptors (Lipinski definition) is 5. The summed E-state index contributed by atoms with van der Waals surface area (Å²) >= 11 is 5.35. The van der Waals surface area contributed by atoms with Gasteiger partial charge in [-0.3, -0.25) is 0 Å². The summed E-state index contributed by atoms with van der Waals surface area (Å²) < 4.78 is 17.0. The average molecular weight is 455 g/mol. The summed E-state index contributed by atoms with van der Waals surface area (Å²) in [6.45, 7) is 4.81.